The minimum Gasteiger partial charge on any atom is -0.0917 e. The van der Waals surface area contributed by atoms with E-state index in [4.69, 9.17) is 0 Å². The third-order valence-electron chi connectivity index (χ3n) is 4.24. The Bertz CT molecular complexity index is 192. The van der Waals surface area contributed by atoms with E-state index in [1.54, 1.807) is 0 Å². The molecule has 0 aliphatic heterocycles. The van der Waals surface area contributed by atoms with Crippen molar-refractivity contribution in [2.75, 3.05) is 0 Å². The Kier molecular flexibility index (Phi) is 5.42. The second-order valence-corrected chi connectivity index (χ2v) is 5.50. The maximum Gasteiger partial charge on any atom is -0.0348 e. The van der Waals surface area contributed by atoms with Gasteiger partial charge in [-0.05, 0) is 56.3 Å². The first-order valence-corrected chi connectivity index (χ1v) is 6.80. The molecule has 1 saturated carbocycles. The average molecular weight is 208 g/mol. The smallest absolute Gasteiger partial charge is 0.0348 e. The summed E-state index contributed by atoms with van der Waals surface area (Å²) >= 11 is 0. The fourth-order valence-corrected chi connectivity index (χ4v) is 2.68. The highest BCUT2D eigenvalue weighted by atomic mass is 14.4. The Morgan fingerprint density at radius 2 is 2.07 bits per heavy atom. The molecule has 15 heavy (non-hydrogen) atoms. The molecule has 0 heterocycles. The molecule has 0 saturated heterocycles. The molecule has 4 unspecified atom stereocenters. The largest absolute Gasteiger partial charge is 0.0917 e. The molecule has 1 fully saturated rings. The maximum atomic E-state index is 2.45. The van der Waals surface area contributed by atoms with Crippen molar-refractivity contribution in [2.24, 2.45) is 23.7 Å². The highest BCUT2D eigenvalue weighted by molar-refractivity contribution is 4.86. The fraction of sp³-hybridized carbons (Fsp3) is 0.867. The van der Waals surface area contributed by atoms with Crippen molar-refractivity contribution in [1.82, 2.24) is 0 Å². The van der Waals surface area contributed by atoms with Gasteiger partial charge in [-0.25, -0.2) is 0 Å². The summed E-state index contributed by atoms with van der Waals surface area (Å²) in [5, 5.41) is 0. The van der Waals surface area contributed by atoms with Crippen LogP contribution in [0.5, 0.6) is 0 Å². The topological polar surface area (TPSA) is 0 Å². The van der Waals surface area contributed by atoms with Crippen LogP contribution in [0.3, 0.4) is 0 Å². The van der Waals surface area contributed by atoms with Gasteiger partial charge >= 0.3 is 0 Å². The van der Waals surface area contributed by atoms with Gasteiger partial charge in [-0.2, -0.15) is 0 Å². The first-order valence-electron chi connectivity index (χ1n) is 6.80. The molecule has 0 aromatic carbocycles. The SMILES string of the molecule is CC=CCCC(C)C(CC)CC1CC1C. The third-order valence-corrected chi connectivity index (χ3v) is 4.24. The van der Waals surface area contributed by atoms with Crippen molar-refractivity contribution in [2.45, 2.75) is 59.8 Å². The quantitative estimate of drug-likeness (QED) is 0.513. The van der Waals surface area contributed by atoms with Crippen LogP contribution in [0.1, 0.15) is 59.8 Å². The first kappa shape index (κ1) is 12.8. The van der Waals surface area contributed by atoms with Crippen molar-refractivity contribution in [3.05, 3.63) is 12.2 Å². The predicted molar refractivity (Wildman–Crippen MR) is 68.9 cm³/mol. The zero-order chi connectivity index (χ0) is 11.3. The summed E-state index contributed by atoms with van der Waals surface area (Å²) in [6.45, 7) is 9.34. The van der Waals surface area contributed by atoms with E-state index in [-0.39, 0.29) is 0 Å². The molecule has 0 amide bonds. The van der Waals surface area contributed by atoms with E-state index in [1.807, 2.05) is 0 Å². The molecule has 88 valence electrons. The van der Waals surface area contributed by atoms with Gasteiger partial charge in [0.05, 0.1) is 0 Å². The fourth-order valence-electron chi connectivity index (χ4n) is 2.68. The van der Waals surface area contributed by atoms with Crippen LogP contribution in [0, 0.1) is 23.7 Å². The molecule has 4 atom stereocenters. The number of allylic oxidation sites excluding steroid dienone is 2. The van der Waals surface area contributed by atoms with E-state index >= 15 is 0 Å². The Morgan fingerprint density at radius 1 is 1.40 bits per heavy atom. The van der Waals surface area contributed by atoms with Gasteiger partial charge in [0, 0.05) is 0 Å². The van der Waals surface area contributed by atoms with Gasteiger partial charge < -0.3 is 0 Å². The van der Waals surface area contributed by atoms with Crippen molar-refractivity contribution >= 4 is 0 Å². The Morgan fingerprint density at radius 3 is 2.53 bits per heavy atom. The predicted octanol–water partition coefficient (Wildman–Crippen LogP) is 5.05. The van der Waals surface area contributed by atoms with E-state index < -0.39 is 0 Å². The molecule has 0 bridgehead atoms. The summed E-state index contributed by atoms with van der Waals surface area (Å²) in [5.74, 6) is 3.99. The summed E-state index contributed by atoms with van der Waals surface area (Å²) in [6, 6.07) is 0. The Balaban J connectivity index is 2.23. The molecule has 0 nitrogen and oxygen atoms in total. The zero-order valence-corrected chi connectivity index (χ0v) is 11.0. The third kappa shape index (κ3) is 4.40. The van der Waals surface area contributed by atoms with Crippen LogP contribution < -0.4 is 0 Å². The molecule has 0 aromatic rings. The first-order chi connectivity index (χ1) is 7.19. The van der Waals surface area contributed by atoms with E-state index in [2.05, 4.69) is 39.8 Å². The highest BCUT2D eigenvalue weighted by Gasteiger charge is 2.34. The molecular weight excluding hydrogens is 180 g/mol. The van der Waals surface area contributed by atoms with E-state index in [0.717, 1.165) is 23.7 Å². The summed E-state index contributed by atoms with van der Waals surface area (Å²) in [4.78, 5) is 0. The van der Waals surface area contributed by atoms with Crippen LogP contribution >= 0.6 is 0 Å². The van der Waals surface area contributed by atoms with Crippen LogP contribution in [0.25, 0.3) is 0 Å². The van der Waals surface area contributed by atoms with Gasteiger partial charge in [0.2, 0.25) is 0 Å². The van der Waals surface area contributed by atoms with Crippen LogP contribution in [0.2, 0.25) is 0 Å². The van der Waals surface area contributed by atoms with E-state index in [0.29, 0.717) is 0 Å². The van der Waals surface area contributed by atoms with Crippen LogP contribution in [-0.2, 0) is 0 Å². The van der Waals surface area contributed by atoms with Crippen LogP contribution in [-0.4, -0.2) is 0 Å². The van der Waals surface area contributed by atoms with Gasteiger partial charge in [0.15, 0.2) is 0 Å². The summed E-state index contributed by atoms with van der Waals surface area (Å²) in [6.07, 6.45) is 11.5. The lowest BCUT2D eigenvalue weighted by atomic mass is 9.84. The standard InChI is InChI=1S/C15H28/c1-5-7-8-9-12(3)14(6-2)11-15-10-13(15)4/h5,7,12-15H,6,8-11H2,1-4H3. The highest BCUT2D eigenvalue weighted by Crippen LogP contribution is 2.44. The van der Waals surface area contributed by atoms with Gasteiger partial charge in [-0.15, -0.1) is 0 Å². The zero-order valence-electron chi connectivity index (χ0n) is 11.0. The lowest BCUT2D eigenvalue weighted by Crippen LogP contribution is -2.11. The molecule has 1 aliphatic rings. The molecule has 0 radical (unpaired) electrons. The van der Waals surface area contributed by atoms with Crippen molar-refractivity contribution in [1.29, 1.82) is 0 Å². The molecule has 0 spiro atoms. The maximum absolute atomic E-state index is 2.45. The molecule has 0 aromatic heterocycles. The van der Waals surface area contributed by atoms with Gasteiger partial charge in [0.1, 0.15) is 0 Å². The minimum atomic E-state index is 0.916. The van der Waals surface area contributed by atoms with E-state index in [1.165, 1.54) is 32.1 Å². The Hall–Kier alpha value is -0.260. The second kappa shape index (κ2) is 6.35. The second-order valence-electron chi connectivity index (χ2n) is 5.50. The lowest BCUT2D eigenvalue weighted by Gasteiger charge is -2.22. The van der Waals surface area contributed by atoms with Crippen LogP contribution in [0.15, 0.2) is 12.2 Å². The minimum absolute atomic E-state index is 0.916. The monoisotopic (exact) mass is 208 g/mol. The summed E-state index contributed by atoms with van der Waals surface area (Å²) < 4.78 is 0. The molecule has 0 N–H and O–H groups in total. The van der Waals surface area contributed by atoms with Crippen molar-refractivity contribution < 1.29 is 0 Å². The number of rotatable bonds is 7. The van der Waals surface area contributed by atoms with Gasteiger partial charge in [-0.1, -0.05) is 39.3 Å². The summed E-state index contributed by atoms with van der Waals surface area (Å²) in [5.41, 5.74) is 0. The Labute approximate surface area is 96.2 Å². The van der Waals surface area contributed by atoms with E-state index in [9.17, 15) is 0 Å². The summed E-state index contributed by atoms with van der Waals surface area (Å²) in [7, 11) is 0. The normalized spacial score (nSPS) is 29.3. The van der Waals surface area contributed by atoms with Gasteiger partial charge in [-0.3, -0.25) is 0 Å². The molecular formula is C15H28. The van der Waals surface area contributed by atoms with Crippen LogP contribution in [0.4, 0.5) is 0 Å². The molecule has 1 aliphatic carbocycles. The van der Waals surface area contributed by atoms with Gasteiger partial charge in [0.25, 0.3) is 0 Å². The van der Waals surface area contributed by atoms with Crippen molar-refractivity contribution in [3.63, 3.8) is 0 Å². The molecule has 1 rings (SSSR count). The van der Waals surface area contributed by atoms with Crippen molar-refractivity contribution in [3.8, 4) is 0 Å². The molecule has 0 heteroatoms. The number of hydrogen-bond donors (Lipinski definition) is 0. The number of hydrogen-bond acceptors (Lipinski definition) is 0. The lowest BCUT2D eigenvalue weighted by molar-refractivity contribution is 0.293. The average Bonchev–Trinajstić information content (AvgIpc) is 2.91.